The second-order valence-electron chi connectivity index (χ2n) is 5.69. The van der Waals surface area contributed by atoms with E-state index in [1.54, 1.807) is 49.6 Å². The molecule has 1 aliphatic heterocycles. The highest BCUT2D eigenvalue weighted by Gasteiger charge is 2.36. The van der Waals surface area contributed by atoms with Gasteiger partial charge in [-0.2, -0.15) is 0 Å². The third-order valence-corrected chi connectivity index (χ3v) is 4.34. The van der Waals surface area contributed by atoms with Gasteiger partial charge in [0.15, 0.2) is 16.9 Å². The van der Waals surface area contributed by atoms with Crippen LogP contribution >= 0.6 is 0 Å². The van der Waals surface area contributed by atoms with E-state index in [9.17, 15) is 9.59 Å². The molecule has 0 bridgehead atoms. The van der Waals surface area contributed by atoms with Crippen LogP contribution in [0.3, 0.4) is 0 Å². The molecule has 25 heavy (non-hydrogen) atoms. The van der Waals surface area contributed by atoms with Crippen LogP contribution in [0.25, 0.3) is 11.0 Å². The lowest BCUT2D eigenvalue weighted by Crippen LogP contribution is -2.22. The molecule has 0 radical (unpaired) electrons. The maximum atomic E-state index is 12.9. The highest BCUT2D eigenvalue weighted by Crippen LogP contribution is 2.35. The molecular formula is C19H15NO5. The Hall–Kier alpha value is -3.28. The van der Waals surface area contributed by atoms with Crippen molar-refractivity contribution in [1.29, 1.82) is 0 Å². The Labute approximate surface area is 143 Å². The topological polar surface area (TPSA) is 77.8 Å². The normalized spacial score (nSPS) is 15.8. The molecule has 0 saturated carbocycles. The SMILES string of the molecule is COc1ccc([C@@H]2NC(=O)c3oc4ccccc4c(=O)c32)cc1OC. The van der Waals surface area contributed by atoms with Gasteiger partial charge in [0.1, 0.15) is 5.58 Å². The first-order valence-corrected chi connectivity index (χ1v) is 7.72. The van der Waals surface area contributed by atoms with Crippen molar-refractivity contribution in [2.24, 2.45) is 0 Å². The summed E-state index contributed by atoms with van der Waals surface area (Å²) in [6.07, 6.45) is 0. The summed E-state index contributed by atoms with van der Waals surface area (Å²) in [4.78, 5) is 25.2. The number of ether oxygens (including phenoxy) is 2. The molecule has 0 aliphatic carbocycles. The number of hydrogen-bond donors (Lipinski definition) is 1. The van der Waals surface area contributed by atoms with E-state index >= 15 is 0 Å². The third kappa shape index (κ3) is 2.26. The molecule has 6 heteroatoms. The van der Waals surface area contributed by atoms with Gasteiger partial charge in [-0.25, -0.2) is 0 Å². The zero-order chi connectivity index (χ0) is 17.6. The Kier molecular flexibility index (Phi) is 3.46. The molecule has 4 rings (SSSR count). The van der Waals surface area contributed by atoms with Gasteiger partial charge in [-0.1, -0.05) is 18.2 Å². The van der Waals surface area contributed by atoms with Gasteiger partial charge in [-0.05, 0) is 29.8 Å². The van der Waals surface area contributed by atoms with Gasteiger partial charge in [0, 0.05) is 0 Å². The van der Waals surface area contributed by atoms with Crippen molar-refractivity contribution < 1.29 is 18.7 Å². The minimum absolute atomic E-state index is 0.0588. The number of methoxy groups -OCH3 is 2. The van der Waals surface area contributed by atoms with Crippen molar-refractivity contribution in [1.82, 2.24) is 5.32 Å². The average Bonchev–Trinajstić information content (AvgIpc) is 2.98. The molecule has 2 aromatic carbocycles. The number of hydrogen-bond acceptors (Lipinski definition) is 5. The van der Waals surface area contributed by atoms with Crippen molar-refractivity contribution in [2.45, 2.75) is 6.04 Å². The number of rotatable bonds is 3. The first-order valence-electron chi connectivity index (χ1n) is 7.72. The van der Waals surface area contributed by atoms with E-state index in [4.69, 9.17) is 13.9 Å². The van der Waals surface area contributed by atoms with E-state index in [2.05, 4.69) is 5.32 Å². The van der Waals surface area contributed by atoms with Gasteiger partial charge in [-0.3, -0.25) is 9.59 Å². The van der Waals surface area contributed by atoms with E-state index < -0.39 is 11.9 Å². The Balaban J connectivity index is 1.93. The molecule has 126 valence electrons. The Morgan fingerprint density at radius 2 is 1.76 bits per heavy atom. The lowest BCUT2D eigenvalue weighted by Gasteiger charge is -2.14. The molecule has 3 aromatic rings. The summed E-state index contributed by atoms with van der Waals surface area (Å²) in [6.45, 7) is 0. The summed E-state index contributed by atoms with van der Waals surface area (Å²) in [5.41, 5.74) is 1.22. The molecule has 6 nitrogen and oxygen atoms in total. The van der Waals surface area contributed by atoms with Crippen LogP contribution in [0.4, 0.5) is 0 Å². The zero-order valence-corrected chi connectivity index (χ0v) is 13.7. The number of carbonyl (C=O) groups excluding carboxylic acids is 1. The van der Waals surface area contributed by atoms with Crippen LogP contribution in [0, 0.1) is 0 Å². The molecule has 1 atom stereocenters. The Morgan fingerprint density at radius 1 is 1.00 bits per heavy atom. The summed E-state index contributed by atoms with van der Waals surface area (Å²) in [6, 6.07) is 11.6. The highest BCUT2D eigenvalue weighted by atomic mass is 16.5. The summed E-state index contributed by atoms with van der Waals surface area (Å²) >= 11 is 0. The van der Waals surface area contributed by atoms with Crippen LogP contribution in [-0.4, -0.2) is 20.1 Å². The summed E-state index contributed by atoms with van der Waals surface area (Å²) < 4.78 is 16.2. The predicted molar refractivity (Wildman–Crippen MR) is 91.3 cm³/mol. The lowest BCUT2D eigenvalue weighted by atomic mass is 9.99. The first-order chi connectivity index (χ1) is 12.1. The molecule has 2 heterocycles. The maximum absolute atomic E-state index is 12.9. The van der Waals surface area contributed by atoms with Crippen LogP contribution in [0.2, 0.25) is 0 Å². The lowest BCUT2D eigenvalue weighted by molar-refractivity contribution is 0.0938. The number of amides is 1. The third-order valence-electron chi connectivity index (χ3n) is 4.34. The summed E-state index contributed by atoms with van der Waals surface area (Å²) in [5, 5.41) is 3.26. The fourth-order valence-corrected chi connectivity index (χ4v) is 3.14. The molecule has 0 unspecified atom stereocenters. The number of fused-ring (bicyclic) bond motifs is 2. The standard InChI is InChI=1S/C19H15NO5/c1-23-13-8-7-10(9-14(13)24-2)16-15-17(21)11-5-3-4-6-12(11)25-18(15)19(22)20-16/h3-9,16H,1-2H3,(H,20,22)/t16-/m0/s1. The molecule has 1 N–H and O–H groups in total. The smallest absolute Gasteiger partial charge is 0.288 e. The second kappa shape index (κ2) is 5.66. The Morgan fingerprint density at radius 3 is 2.52 bits per heavy atom. The van der Waals surface area contributed by atoms with E-state index in [1.165, 1.54) is 7.11 Å². The van der Waals surface area contributed by atoms with Crippen LogP contribution in [0.15, 0.2) is 51.7 Å². The van der Waals surface area contributed by atoms with E-state index in [1.807, 2.05) is 0 Å². The molecular weight excluding hydrogens is 322 g/mol. The monoisotopic (exact) mass is 337 g/mol. The molecule has 1 aromatic heterocycles. The van der Waals surface area contributed by atoms with Crippen LogP contribution < -0.4 is 20.2 Å². The molecule has 0 spiro atoms. The zero-order valence-electron chi connectivity index (χ0n) is 13.7. The van der Waals surface area contributed by atoms with Crippen molar-refractivity contribution in [2.75, 3.05) is 14.2 Å². The van der Waals surface area contributed by atoms with Gasteiger partial charge in [0.2, 0.25) is 5.76 Å². The van der Waals surface area contributed by atoms with Crippen LogP contribution in [-0.2, 0) is 0 Å². The number of nitrogens with one attached hydrogen (secondary N) is 1. The molecule has 0 saturated heterocycles. The van der Waals surface area contributed by atoms with Crippen molar-refractivity contribution in [3.8, 4) is 11.5 Å². The minimum atomic E-state index is -0.594. The van der Waals surface area contributed by atoms with Crippen LogP contribution in [0.1, 0.15) is 27.7 Å². The van der Waals surface area contributed by atoms with E-state index in [0.717, 1.165) is 0 Å². The largest absolute Gasteiger partial charge is 0.493 e. The van der Waals surface area contributed by atoms with Gasteiger partial charge < -0.3 is 19.2 Å². The number of carbonyl (C=O) groups is 1. The van der Waals surface area contributed by atoms with Gasteiger partial charge >= 0.3 is 0 Å². The number of para-hydroxylation sites is 1. The van der Waals surface area contributed by atoms with Gasteiger partial charge in [0.25, 0.3) is 5.91 Å². The second-order valence-corrected chi connectivity index (χ2v) is 5.69. The minimum Gasteiger partial charge on any atom is -0.493 e. The molecule has 1 amide bonds. The molecule has 1 aliphatic rings. The quantitative estimate of drug-likeness (QED) is 0.795. The fraction of sp³-hybridized carbons (Fsp3) is 0.158. The highest BCUT2D eigenvalue weighted by molar-refractivity contribution is 5.98. The van der Waals surface area contributed by atoms with Crippen LogP contribution in [0.5, 0.6) is 11.5 Å². The first kappa shape index (κ1) is 15.3. The Bertz CT molecular complexity index is 1050. The van der Waals surface area contributed by atoms with E-state index in [-0.39, 0.29) is 11.2 Å². The molecule has 0 fully saturated rings. The average molecular weight is 337 g/mol. The van der Waals surface area contributed by atoms with Crippen molar-refractivity contribution in [3.63, 3.8) is 0 Å². The van der Waals surface area contributed by atoms with Gasteiger partial charge in [0.05, 0.1) is 31.2 Å². The fourth-order valence-electron chi connectivity index (χ4n) is 3.14. The summed E-state index contributed by atoms with van der Waals surface area (Å²) in [5.74, 6) is 0.746. The number of benzene rings is 2. The van der Waals surface area contributed by atoms with Crippen molar-refractivity contribution >= 4 is 16.9 Å². The van der Waals surface area contributed by atoms with E-state index in [0.29, 0.717) is 33.6 Å². The van der Waals surface area contributed by atoms with Gasteiger partial charge in [-0.15, -0.1) is 0 Å². The predicted octanol–water partition coefficient (Wildman–Crippen LogP) is 2.64. The maximum Gasteiger partial charge on any atom is 0.288 e. The van der Waals surface area contributed by atoms with Crippen molar-refractivity contribution in [3.05, 3.63) is 69.6 Å². The summed E-state index contributed by atoms with van der Waals surface area (Å²) in [7, 11) is 3.08.